The first kappa shape index (κ1) is 19.9. The molecule has 0 aromatic carbocycles. The van der Waals surface area contributed by atoms with Crippen molar-refractivity contribution < 1.29 is 21.0 Å². The van der Waals surface area contributed by atoms with Gasteiger partial charge in [0.15, 0.2) is 0 Å². The fraction of sp³-hybridized carbons (Fsp3) is 1.00. The standard InChI is InChI=1S/C14H29NO5S2/c1-4-5-6-10-14(20-22(3,18)19)12-13-9-7-8-11-15(13)21(2,16)17/h13-14H,4-12H2,1-3H3/t13-,14-/m1/s1. The Hall–Kier alpha value is -0.180. The van der Waals surface area contributed by atoms with Gasteiger partial charge in [-0.1, -0.05) is 32.6 Å². The molecule has 0 unspecified atom stereocenters. The van der Waals surface area contributed by atoms with Crippen molar-refractivity contribution in [3.8, 4) is 0 Å². The van der Waals surface area contributed by atoms with Gasteiger partial charge in [-0.2, -0.15) is 12.7 Å². The minimum atomic E-state index is -3.53. The van der Waals surface area contributed by atoms with Crippen molar-refractivity contribution in [1.29, 1.82) is 0 Å². The minimum absolute atomic E-state index is 0.155. The molecule has 132 valence electrons. The first-order valence-electron chi connectivity index (χ1n) is 7.98. The highest BCUT2D eigenvalue weighted by Gasteiger charge is 2.32. The molecule has 2 atom stereocenters. The largest absolute Gasteiger partial charge is 0.267 e. The Bertz CT molecular complexity index is 529. The van der Waals surface area contributed by atoms with Crippen LogP contribution in [0.25, 0.3) is 0 Å². The summed E-state index contributed by atoms with van der Waals surface area (Å²) < 4.78 is 53.4. The lowest BCUT2D eigenvalue weighted by molar-refractivity contribution is 0.134. The van der Waals surface area contributed by atoms with Gasteiger partial charge < -0.3 is 0 Å². The van der Waals surface area contributed by atoms with E-state index in [1.54, 1.807) is 0 Å². The predicted molar refractivity (Wildman–Crippen MR) is 87.7 cm³/mol. The van der Waals surface area contributed by atoms with Gasteiger partial charge in [0.2, 0.25) is 10.0 Å². The molecule has 0 aliphatic carbocycles. The van der Waals surface area contributed by atoms with Crippen LogP contribution >= 0.6 is 0 Å². The van der Waals surface area contributed by atoms with E-state index in [1.165, 1.54) is 10.6 Å². The molecule has 1 saturated heterocycles. The number of unbranched alkanes of at least 4 members (excludes halogenated alkanes) is 2. The zero-order valence-electron chi connectivity index (χ0n) is 13.8. The zero-order valence-corrected chi connectivity index (χ0v) is 15.5. The number of nitrogens with zero attached hydrogens (tertiary/aromatic N) is 1. The van der Waals surface area contributed by atoms with Crippen molar-refractivity contribution in [2.45, 2.75) is 70.4 Å². The molecule has 1 aliphatic rings. The second-order valence-corrected chi connectivity index (χ2v) is 9.71. The summed E-state index contributed by atoms with van der Waals surface area (Å²) in [7, 11) is -6.79. The molecule has 0 saturated carbocycles. The van der Waals surface area contributed by atoms with Crippen molar-refractivity contribution in [1.82, 2.24) is 4.31 Å². The number of hydrogen-bond donors (Lipinski definition) is 0. The lowest BCUT2D eigenvalue weighted by Crippen LogP contribution is -2.45. The van der Waals surface area contributed by atoms with E-state index in [2.05, 4.69) is 6.92 Å². The molecule has 0 spiro atoms. The number of rotatable bonds is 9. The maximum absolute atomic E-state index is 11.9. The topological polar surface area (TPSA) is 80.8 Å². The van der Waals surface area contributed by atoms with Crippen LogP contribution in [0.2, 0.25) is 0 Å². The summed E-state index contributed by atoms with van der Waals surface area (Å²) in [5.74, 6) is 0. The Labute approximate surface area is 135 Å². The van der Waals surface area contributed by atoms with E-state index in [1.807, 2.05) is 0 Å². The fourth-order valence-electron chi connectivity index (χ4n) is 3.02. The molecule has 1 fully saturated rings. The average molecular weight is 356 g/mol. The number of piperidine rings is 1. The van der Waals surface area contributed by atoms with Crippen molar-refractivity contribution in [3.63, 3.8) is 0 Å². The second kappa shape index (κ2) is 8.61. The molecule has 22 heavy (non-hydrogen) atoms. The van der Waals surface area contributed by atoms with Crippen LogP contribution in [0.15, 0.2) is 0 Å². The molecule has 1 heterocycles. The van der Waals surface area contributed by atoms with Crippen LogP contribution in [0.1, 0.15) is 58.3 Å². The van der Waals surface area contributed by atoms with Gasteiger partial charge in [-0.15, -0.1) is 0 Å². The Morgan fingerprint density at radius 1 is 1.14 bits per heavy atom. The molecule has 0 aromatic rings. The average Bonchev–Trinajstić information content (AvgIpc) is 2.36. The van der Waals surface area contributed by atoms with Crippen molar-refractivity contribution in [3.05, 3.63) is 0 Å². The van der Waals surface area contributed by atoms with Crippen LogP contribution in [-0.2, 0) is 24.3 Å². The maximum atomic E-state index is 11.9. The first-order valence-corrected chi connectivity index (χ1v) is 11.6. The molecule has 0 N–H and O–H groups in total. The van der Waals surface area contributed by atoms with Crippen LogP contribution < -0.4 is 0 Å². The summed E-state index contributed by atoms with van der Waals surface area (Å²) >= 11 is 0. The van der Waals surface area contributed by atoms with Gasteiger partial charge in [-0.05, 0) is 25.7 Å². The molecular formula is C14H29NO5S2. The fourth-order valence-corrected chi connectivity index (χ4v) is 4.89. The van der Waals surface area contributed by atoms with E-state index in [-0.39, 0.29) is 6.04 Å². The normalized spacial score (nSPS) is 22.6. The lowest BCUT2D eigenvalue weighted by atomic mass is 9.97. The lowest BCUT2D eigenvalue weighted by Gasteiger charge is -2.35. The van der Waals surface area contributed by atoms with Gasteiger partial charge in [0.05, 0.1) is 18.6 Å². The van der Waals surface area contributed by atoms with E-state index in [9.17, 15) is 16.8 Å². The molecule has 0 amide bonds. The molecule has 6 nitrogen and oxygen atoms in total. The van der Waals surface area contributed by atoms with E-state index >= 15 is 0 Å². The molecule has 0 aromatic heterocycles. The van der Waals surface area contributed by atoms with Crippen LogP contribution in [0, 0.1) is 0 Å². The van der Waals surface area contributed by atoms with Gasteiger partial charge >= 0.3 is 0 Å². The smallest absolute Gasteiger partial charge is 0.264 e. The third kappa shape index (κ3) is 7.39. The maximum Gasteiger partial charge on any atom is 0.264 e. The van der Waals surface area contributed by atoms with Gasteiger partial charge in [0.25, 0.3) is 10.1 Å². The highest BCUT2D eigenvalue weighted by Crippen LogP contribution is 2.26. The molecular weight excluding hydrogens is 326 g/mol. The van der Waals surface area contributed by atoms with E-state index < -0.39 is 26.2 Å². The number of hydrogen-bond acceptors (Lipinski definition) is 5. The quantitative estimate of drug-likeness (QED) is 0.467. The zero-order chi connectivity index (χ0) is 16.8. The SMILES string of the molecule is CCCCC[C@H](C[C@H]1CCCCN1S(C)(=O)=O)OS(C)(=O)=O. The van der Waals surface area contributed by atoms with Crippen LogP contribution in [-0.4, -0.2) is 52.3 Å². The Morgan fingerprint density at radius 2 is 1.82 bits per heavy atom. The third-order valence-electron chi connectivity index (χ3n) is 3.97. The number of sulfonamides is 1. The summed E-state index contributed by atoms with van der Waals surface area (Å²) in [6, 6.07) is -0.155. The third-order valence-corrected chi connectivity index (χ3v) is 5.93. The molecule has 0 radical (unpaired) electrons. The van der Waals surface area contributed by atoms with Crippen LogP contribution in [0.3, 0.4) is 0 Å². The van der Waals surface area contributed by atoms with Crippen LogP contribution in [0.5, 0.6) is 0 Å². The summed E-state index contributed by atoms with van der Waals surface area (Å²) in [5, 5.41) is 0. The summed E-state index contributed by atoms with van der Waals surface area (Å²) in [5.41, 5.74) is 0. The molecule has 8 heteroatoms. The minimum Gasteiger partial charge on any atom is -0.267 e. The molecule has 1 rings (SSSR count). The Kier molecular flexibility index (Phi) is 7.78. The van der Waals surface area contributed by atoms with Gasteiger partial charge in [-0.25, -0.2) is 8.42 Å². The molecule has 1 aliphatic heterocycles. The highest BCUT2D eigenvalue weighted by molar-refractivity contribution is 7.88. The highest BCUT2D eigenvalue weighted by atomic mass is 32.2. The van der Waals surface area contributed by atoms with Crippen molar-refractivity contribution in [2.75, 3.05) is 19.1 Å². The second-order valence-electron chi connectivity index (χ2n) is 6.18. The summed E-state index contributed by atoms with van der Waals surface area (Å²) in [6.07, 6.45) is 8.48. The van der Waals surface area contributed by atoms with Crippen molar-refractivity contribution in [2.24, 2.45) is 0 Å². The molecule has 0 bridgehead atoms. The van der Waals surface area contributed by atoms with Crippen molar-refractivity contribution >= 4 is 20.1 Å². The summed E-state index contributed by atoms with van der Waals surface area (Å²) in [4.78, 5) is 0. The monoisotopic (exact) mass is 355 g/mol. The van der Waals surface area contributed by atoms with E-state index in [0.717, 1.165) is 44.8 Å². The van der Waals surface area contributed by atoms with Gasteiger partial charge in [0, 0.05) is 12.6 Å². The first-order chi connectivity index (χ1) is 10.1. The predicted octanol–water partition coefficient (Wildman–Crippen LogP) is 2.12. The summed E-state index contributed by atoms with van der Waals surface area (Å²) in [6.45, 7) is 2.60. The Morgan fingerprint density at radius 3 is 2.36 bits per heavy atom. The van der Waals surface area contributed by atoms with E-state index in [4.69, 9.17) is 4.18 Å². The Balaban J connectivity index is 2.76. The van der Waals surface area contributed by atoms with Crippen LogP contribution in [0.4, 0.5) is 0 Å². The van der Waals surface area contributed by atoms with E-state index in [0.29, 0.717) is 19.4 Å². The van der Waals surface area contributed by atoms with Gasteiger partial charge in [0.1, 0.15) is 0 Å². The van der Waals surface area contributed by atoms with Gasteiger partial charge in [-0.3, -0.25) is 4.18 Å².